The van der Waals surface area contributed by atoms with Gasteiger partial charge in [0.2, 0.25) is 10.0 Å². The average molecular weight is 346 g/mol. The van der Waals surface area contributed by atoms with E-state index in [1.54, 1.807) is 25.5 Å². The zero-order valence-corrected chi connectivity index (χ0v) is 13.8. The predicted octanol–water partition coefficient (Wildman–Crippen LogP) is 1.87. The van der Waals surface area contributed by atoms with Crippen LogP contribution in [-0.4, -0.2) is 56.1 Å². The summed E-state index contributed by atoms with van der Waals surface area (Å²) in [7, 11) is -4.04. The second-order valence-electron chi connectivity index (χ2n) is 6.42. The van der Waals surface area contributed by atoms with Gasteiger partial charge in [0, 0.05) is 13.1 Å². The molecule has 10 heteroatoms. The van der Waals surface area contributed by atoms with Crippen LogP contribution in [0.2, 0.25) is 0 Å². The van der Waals surface area contributed by atoms with Crippen molar-refractivity contribution in [3.8, 4) is 0 Å². The molecule has 1 aliphatic heterocycles. The van der Waals surface area contributed by atoms with Crippen molar-refractivity contribution in [3.63, 3.8) is 0 Å². The van der Waals surface area contributed by atoms with E-state index in [1.165, 1.54) is 0 Å². The summed E-state index contributed by atoms with van der Waals surface area (Å²) in [6.45, 7) is 4.48. The van der Waals surface area contributed by atoms with E-state index < -0.39 is 46.3 Å². The van der Waals surface area contributed by atoms with Gasteiger partial charge in [0.1, 0.15) is 11.1 Å². The fourth-order valence-electron chi connectivity index (χ4n) is 2.20. The molecule has 1 amide bonds. The van der Waals surface area contributed by atoms with Gasteiger partial charge in [-0.05, 0) is 33.6 Å². The maximum Gasteiger partial charge on any atom is 0.410 e. The molecule has 1 fully saturated rings. The first-order chi connectivity index (χ1) is 9.65. The number of nitrogens with zero attached hydrogens (tertiary/aromatic N) is 1. The van der Waals surface area contributed by atoms with Crippen molar-refractivity contribution in [1.29, 1.82) is 0 Å². The molecule has 1 N–H and O–H groups in total. The van der Waals surface area contributed by atoms with Gasteiger partial charge < -0.3 is 9.64 Å². The predicted molar refractivity (Wildman–Crippen MR) is 73.8 cm³/mol. The quantitative estimate of drug-likeness (QED) is 0.828. The molecule has 1 rings (SSSR count). The van der Waals surface area contributed by atoms with Crippen molar-refractivity contribution in [2.45, 2.75) is 50.9 Å². The van der Waals surface area contributed by atoms with Gasteiger partial charge in [0.15, 0.2) is 0 Å². The Hall–Kier alpha value is -1.03. The molecule has 130 valence electrons. The van der Waals surface area contributed by atoms with Crippen molar-refractivity contribution in [2.24, 2.45) is 0 Å². The normalized spacial score (nSPS) is 19.9. The van der Waals surface area contributed by atoms with Crippen LogP contribution in [0.5, 0.6) is 0 Å². The highest BCUT2D eigenvalue weighted by atomic mass is 32.2. The molecule has 0 aromatic carbocycles. The highest BCUT2D eigenvalue weighted by molar-refractivity contribution is 7.88. The van der Waals surface area contributed by atoms with Gasteiger partial charge in [-0.3, -0.25) is 0 Å². The Morgan fingerprint density at radius 3 is 1.95 bits per heavy atom. The minimum absolute atomic E-state index is 0.239. The number of amides is 1. The molecule has 0 aromatic rings. The SMILES string of the molecule is CC(C)(C)OC(=O)N1CCC(NS(C)(=O)=O)(C(F)(F)F)CC1. The van der Waals surface area contributed by atoms with E-state index in [4.69, 9.17) is 4.74 Å². The third-order valence-corrected chi connectivity index (χ3v) is 3.95. The molecular weight excluding hydrogens is 325 g/mol. The number of carbonyl (C=O) groups excluding carboxylic acids is 1. The zero-order valence-electron chi connectivity index (χ0n) is 13.0. The van der Waals surface area contributed by atoms with E-state index in [0.29, 0.717) is 6.26 Å². The summed E-state index contributed by atoms with van der Waals surface area (Å²) >= 11 is 0. The molecule has 22 heavy (non-hydrogen) atoms. The second-order valence-corrected chi connectivity index (χ2v) is 8.17. The molecule has 0 aliphatic carbocycles. The molecule has 1 saturated heterocycles. The standard InChI is InChI=1S/C12H21F3N2O4S/c1-10(2,3)21-9(18)17-7-5-11(6-8-17,12(13,14)15)16-22(4,19)20/h16H,5-8H2,1-4H3. The van der Waals surface area contributed by atoms with Crippen molar-refractivity contribution in [1.82, 2.24) is 9.62 Å². The smallest absolute Gasteiger partial charge is 0.410 e. The average Bonchev–Trinajstić information content (AvgIpc) is 2.23. The Kier molecular flexibility index (Phi) is 5.08. The van der Waals surface area contributed by atoms with E-state index in [0.717, 1.165) is 4.90 Å². The van der Waals surface area contributed by atoms with Gasteiger partial charge in [0.05, 0.1) is 6.26 Å². The molecule has 6 nitrogen and oxygen atoms in total. The van der Waals surface area contributed by atoms with Crippen molar-refractivity contribution in [2.75, 3.05) is 19.3 Å². The zero-order chi connectivity index (χ0) is 17.4. The summed E-state index contributed by atoms with van der Waals surface area (Å²) in [5, 5.41) is 0. The molecule has 0 aromatic heterocycles. The van der Waals surface area contributed by atoms with Gasteiger partial charge in [-0.25, -0.2) is 17.9 Å². The van der Waals surface area contributed by atoms with E-state index in [2.05, 4.69) is 0 Å². The number of carbonyl (C=O) groups is 1. The van der Waals surface area contributed by atoms with Gasteiger partial charge in [-0.2, -0.15) is 13.2 Å². The molecule has 1 aliphatic rings. The summed E-state index contributed by atoms with van der Waals surface area (Å²) in [5.41, 5.74) is -3.29. The van der Waals surface area contributed by atoms with E-state index in [1.807, 2.05) is 0 Å². The lowest BCUT2D eigenvalue weighted by Gasteiger charge is -2.42. The Labute approximate surface area is 128 Å². The van der Waals surface area contributed by atoms with E-state index >= 15 is 0 Å². The minimum Gasteiger partial charge on any atom is -0.444 e. The maximum absolute atomic E-state index is 13.3. The van der Waals surface area contributed by atoms with Gasteiger partial charge in [-0.1, -0.05) is 0 Å². The van der Waals surface area contributed by atoms with Gasteiger partial charge in [-0.15, -0.1) is 0 Å². The summed E-state index contributed by atoms with van der Waals surface area (Å²) in [6.07, 6.45) is -5.87. The van der Waals surface area contributed by atoms with Crippen molar-refractivity contribution < 1.29 is 31.1 Å². The number of alkyl halides is 3. The van der Waals surface area contributed by atoms with Crippen LogP contribution in [0.3, 0.4) is 0 Å². The van der Waals surface area contributed by atoms with E-state index in [-0.39, 0.29) is 13.1 Å². The molecule has 1 heterocycles. The highest BCUT2D eigenvalue weighted by Gasteiger charge is 2.57. The third-order valence-electron chi connectivity index (χ3n) is 3.19. The number of hydrogen-bond acceptors (Lipinski definition) is 4. The molecular formula is C12H21F3N2O4S. The molecule has 0 bridgehead atoms. The Morgan fingerprint density at radius 2 is 1.64 bits per heavy atom. The van der Waals surface area contributed by atoms with Crippen LogP contribution >= 0.6 is 0 Å². The lowest BCUT2D eigenvalue weighted by Crippen LogP contribution is -2.63. The van der Waals surface area contributed by atoms with E-state index in [9.17, 15) is 26.4 Å². The number of likely N-dealkylation sites (tertiary alicyclic amines) is 1. The first-order valence-corrected chi connectivity index (χ1v) is 8.58. The Bertz CT molecular complexity index is 517. The van der Waals surface area contributed by atoms with Crippen LogP contribution < -0.4 is 4.72 Å². The molecule has 0 atom stereocenters. The minimum atomic E-state index is -4.74. The summed E-state index contributed by atoms with van der Waals surface area (Å²) in [4.78, 5) is 13.0. The van der Waals surface area contributed by atoms with Crippen LogP contribution in [-0.2, 0) is 14.8 Å². The highest BCUT2D eigenvalue weighted by Crippen LogP contribution is 2.39. The Morgan fingerprint density at radius 1 is 1.18 bits per heavy atom. The molecule has 0 saturated carbocycles. The first kappa shape index (κ1) is 19.0. The largest absolute Gasteiger partial charge is 0.444 e. The topological polar surface area (TPSA) is 75.7 Å². The van der Waals surface area contributed by atoms with Gasteiger partial charge >= 0.3 is 12.3 Å². The third kappa shape index (κ3) is 5.01. The van der Waals surface area contributed by atoms with Gasteiger partial charge in [0.25, 0.3) is 0 Å². The number of halogens is 3. The van der Waals surface area contributed by atoms with Crippen LogP contribution in [0.25, 0.3) is 0 Å². The second kappa shape index (κ2) is 5.88. The first-order valence-electron chi connectivity index (χ1n) is 6.69. The molecule has 0 spiro atoms. The number of nitrogens with one attached hydrogen (secondary N) is 1. The van der Waals surface area contributed by atoms with Crippen LogP contribution in [0, 0.1) is 0 Å². The molecule has 0 unspecified atom stereocenters. The number of piperidine rings is 1. The monoisotopic (exact) mass is 346 g/mol. The van der Waals surface area contributed by atoms with Crippen LogP contribution in [0.4, 0.5) is 18.0 Å². The van der Waals surface area contributed by atoms with Crippen LogP contribution in [0.15, 0.2) is 0 Å². The Balaban J connectivity index is 2.84. The lowest BCUT2D eigenvalue weighted by atomic mass is 9.88. The lowest BCUT2D eigenvalue weighted by molar-refractivity contribution is -0.201. The fraction of sp³-hybridized carbons (Fsp3) is 0.917. The maximum atomic E-state index is 13.3. The number of rotatable bonds is 2. The number of sulfonamides is 1. The summed E-state index contributed by atoms with van der Waals surface area (Å²) in [6, 6.07) is 0. The summed E-state index contributed by atoms with van der Waals surface area (Å²) in [5.74, 6) is 0. The van der Waals surface area contributed by atoms with Crippen molar-refractivity contribution >= 4 is 16.1 Å². The summed E-state index contributed by atoms with van der Waals surface area (Å²) < 4.78 is 69.1. The fourth-order valence-corrected chi connectivity index (χ4v) is 3.23. The molecule has 0 radical (unpaired) electrons. The number of hydrogen-bond donors (Lipinski definition) is 1. The van der Waals surface area contributed by atoms with Crippen molar-refractivity contribution in [3.05, 3.63) is 0 Å². The van der Waals surface area contributed by atoms with Crippen LogP contribution in [0.1, 0.15) is 33.6 Å². The number of ether oxygens (including phenoxy) is 1.